The molecule has 0 saturated heterocycles. The Hall–Kier alpha value is -1.03. The van der Waals surface area contributed by atoms with Crippen LogP contribution in [0.25, 0.3) is 0 Å². The van der Waals surface area contributed by atoms with Crippen LogP contribution in [0.1, 0.15) is 18.4 Å². The molecule has 0 aliphatic carbocycles. The number of hydrogen-bond acceptors (Lipinski definition) is 1. The summed E-state index contributed by atoms with van der Waals surface area (Å²) in [5.74, 6) is -4.02. The lowest BCUT2D eigenvalue weighted by Gasteiger charge is -2.11. The molecule has 14 heavy (non-hydrogen) atoms. The predicted octanol–water partition coefficient (Wildman–Crippen LogP) is 2.85. The largest absolute Gasteiger partial charge is 0.384 e. The van der Waals surface area contributed by atoms with Crippen LogP contribution in [0.2, 0.25) is 0 Å². The molecule has 0 N–H and O–H groups in total. The molecule has 0 spiro atoms. The highest BCUT2D eigenvalue weighted by molar-refractivity contribution is 5.23. The lowest BCUT2D eigenvalue weighted by molar-refractivity contribution is 0.182. The van der Waals surface area contributed by atoms with Crippen molar-refractivity contribution in [1.82, 2.24) is 0 Å². The highest BCUT2D eigenvalue weighted by Crippen LogP contribution is 2.22. The highest BCUT2D eigenvalue weighted by atomic mass is 19.2. The fraction of sp³-hybridized carbons (Fsp3) is 0.400. The van der Waals surface area contributed by atoms with Crippen LogP contribution in [-0.4, -0.2) is 13.7 Å². The van der Waals surface area contributed by atoms with Crippen molar-refractivity contribution in [2.75, 3.05) is 13.7 Å². The number of methoxy groups -OCH3 is 1. The molecule has 0 bridgehead atoms. The van der Waals surface area contributed by atoms with Crippen molar-refractivity contribution in [3.8, 4) is 0 Å². The van der Waals surface area contributed by atoms with E-state index in [0.29, 0.717) is 0 Å². The van der Waals surface area contributed by atoms with E-state index in [1.54, 1.807) is 6.92 Å². The summed E-state index contributed by atoms with van der Waals surface area (Å²) in [6.45, 7) is 1.95. The lowest BCUT2D eigenvalue weighted by atomic mass is 10.0. The second kappa shape index (κ2) is 4.46. The molecular formula is C10H11F3O. The minimum Gasteiger partial charge on any atom is -0.384 e. The SMILES string of the molecule is COC[C@H](C)c1ccc(F)c(F)c1F. The second-order valence-electron chi connectivity index (χ2n) is 3.12. The fourth-order valence-corrected chi connectivity index (χ4v) is 1.26. The predicted molar refractivity (Wildman–Crippen MR) is 46.6 cm³/mol. The summed E-state index contributed by atoms with van der Waals surface area (Å²) in [6, 6.07) is 2.15. The Kier molecular flexibility index (Phi) is 3.52. The molecule has 1 rings (SSSR count). The summed E-state index contributed by atoms with van der Waals surface area (Å²) in [5, 5.41) is 0. The van der Waals surface area contributed by atoms with Crippen molar-refractivity contribution in [2.24, 2.45) is 0 Å². The topological polar surface area (TPSA) is 9.23 Å². The van der Waals surface area contributed by atoms with Gasteiger partial charge in [-0.05, 0) is 11.6 Å². The highest BCUT2D eigenvalue weighted by Gasteiger charge is 2.17. The average Bonchev–Trinajstić information content (AvgIpc) is 2.15. The van der Waals surface area contributed by atoms with E-state index in [-0.39, 0.29) is 18.1 Å². The van der Waals surface area contributed by atoms with Crippen LogP contribution >= 0.6 is 0 Å². The van der Waals surface area contributed by atoms with Crippen LogP contribution in [0.3, 0.4) is 0 Å². The van der Waals surface area contributed by atoms with Gasteiger partial charge in [-0.3, -0.25) is 0 Å². The summed E-state index contributed by atoms with van der Waals surface area (Å²) in [7, 11) is 1.47. The Bertz CT molecular complexity index is 325. The first-order valence-electron chi connectivity index (χ1n) is 4.20. The normalized spacial score (nSPS) is 12.9. The molecule has 4 heteroatoms. The van der Waals surface area contributed by atoms with Crippen molar-refractivity contribution >= 4 is 0 Å². The molecule has 1 atom stereocenters. The first kappa shape index (κ1) is 11.0. The Labute approximate surface area is 80.5 Å². The molecule has 1 nitrogen and oxygen atoms in total. The van der Waals surface area contributed by atoms with Crippen LogP contribution in [0.5, 0.6) is 0 Å². The van der Waals surface area contributed by atoms with Gasteiger partial charge in [-0.15, -0.1) is 0 Å². The Morgan fingerprint density at radius 1 is 1.21 bits per heavy atom. The second-order valence-corrected chi connectivity index (χ2v) is 3.12. The van der Waals surface area contributed by atoms with Crippen LogP contribution in [0.4, 0.5) is 13.2 Å². The standard InChI is InChI=1S/C10H11F3O/c1-6(5-14-2)7-3-4-8(11)10(13)9(7)12/h3-4,6H,5H2,1-2H3/t6-/m0/s1. The van der Waals surface area contributed by atoms with Crippen molar-refractivity contribution in [2.45, 2.75) is 12.8 Å². The van der Waals surface area contributed by atoms with Gasteiger partial charge < -0.3 is 4.74 Å². The van der Waals surface area contributed by atoms with E-state index in [0.717, 1.165) is 6.07 Å². The van der Waals surface area contributed by atoms with Crippen LogP contribution in [-0.2, 0) is 4.74 Å². The molecule has 0 unspecified atom stereocenters. The zero-order valence-electron chi connectivity index (χ0n) is 7.98. The number of hydrogen-bond donors (Lipinski definition) is 0. The van der Waals surface area contributed by atoms with Gasteiger partial charge in [-0.25, -0.2) is 13.2 Å². The minimum atomic E-state index is -1.43. The molecule has 0 aliphatic heterocycles. The molecule has 0 saturated carbocycles. The summed E-state index contributed by atoms with van der Waals surface area (Å²) >= 11 is 0. The zero-order valence-corrected chi connectivity index (χ0v) is 7.98. The van der Waals surface area contributed by atoms with Gasteiger partial charge in [0.1, 0.15) is 0 Å². The zero-order chi connectivity index (χ0) is 10.7. The third-order valence-electron chi connectivity index (χ3n) is 2.01. The fourth-order valence-electron chi connectivity index (χ4n) is 1.26. The van der Waals surface area contributed by atoms with E-state index in [4.69, 9.17) is 4.74 Å². The maximum atomic E-state index is 13.2. The molecule has 0 radical (unpaired) electrons. The van der Waals surface area contributed by atoms with Crippen molar-refractivity contribution in [3.63, 3.8) is 0 Å². The third-order valence-corrected chi connectivity index (χ3v) is 2.01. The molecule has 0 amide bonds. The van der Waals surface area contributed by atoms with E-state index >= 15 is 0 Å². The third kappa shape index (κ3) is 2.07. The van der Waals surface area contributed by atoms with Crippen LogP contribution in [0, 0.1) is 17.5 Å². The van der Waals surface area contributed by atoms with Gasteiger partial charge in [0.05, 0.1) is 6.61 Å². The number of rotatable bonds is 3. The maximum absolute atomic E-state index is 13.2. The van der Waals surface area contributed by atoms with Gasteiger partial charge in [0.2, 0.25) is 0 Å². The van der Waals surface area contributed by atoms with Gasteiger partial charge in [-0.1, -0.05) is 13.0 Å². The van der Waals surface area contributed by atoms with Gasteiger partial charge in [-0.2, -0.15) is 0 Å². The summed E-state index contributed by atoms with van der Waals surface area (Å²) in [6.07, 6.45) is 0. The lowest BCUT2D eigenvalue weighted by Crippen LogP contribution is -2.06. The number of ether oxygens (including phenoxy) is 1. The minimum absolute atomic E-state index is 0.130. The molecule has 1 aromatic carbocycles. The molecule has 0 heterocycles. The van der Waals surface area contributed by atoms with Gasteiger partial charge in [0.25, 0.3) is 0 Å². The van der Waals surface area contributed by atoms with Gasteiger partial charge in [0, 0.05) is 13.0 Å². The molecule has 0 fully saturated rings. The maximum Gasteiger partial charge on any atom is 0.194 e. The first-order valence-corrected chi connectivity index (χ1v) is 4.20. The van der Waals surface area contributed by atoms with Crippen molar-refractivity contribution in [3.05, 3.63) is 35.1 Å². The van der Waals surface area contributed by atoms with E-state index < -0.39 is 17.5 Å². The Morgan fingerprint density at radius 3 is 2.43 bits per heavy atom. The quantitative estimate of drug-likeness (QED) is 0.688. The van der Waals surface area contributed by atoms with Crippen molar-refractivity contribution in [1.29, 1.82) is 0 Å². The molecule has 78 valence electrons. The smallest absolute Gasteiger partial charge is 0.194 e. The van der Waals surface area contributed by atoms with Crippen LogP contribution < -0.4 is 0 Å². The van der Waals surface area contributed by atoms with E-state index in [9.17, 15) is 13.2 Å². The molecule has 1 aromatic rings. The number of benzene rings is 1. The Balaban J connectivity index is 3.04. The number of halogens is 3. The average molecular weight is 204 g/mol. The summed E-state index contributed by atoms with van der Waals surface area (Å²) < 4.78 is 43.3. The van der Waals surface area contributed by atoms with Gasteiger partial charge in [0.15, 0.2) is 17.5 Å². The van der Waals surface area contributed by atoms with E-state index in [2.05, 4.69) is 0 Å². The van der Waals surface area contributed by atoms with Crippen molar-refractivity contribution < 1.29 is 17.9 Å². The summed E-state index contributed by atoms with van der Waals surface area (Å²) in [4.78, 5) is 0. The monoisotopic (exact) mass is 204 g/mol. The molecule has 0 aliphatic rings. The first-order chi connectivity index (χ1) is 6.57. The van der Waals surface area contributed by atoms with E-state index in [1.807, 2.05) is 0 Å². The van der Waals surface area contributed by atoms with E-state index in [1.165, 1.54) is 13.2 Å². The molecular weight excluding hydrogens is 193 g/mol. The Morgan fingerprint density at radius 2 is 1.86 bits per heavy atom. The van der Waals surface area contributed by atoms with Gasteiger partial charge >= 0.3 is 0 Å². The summed E-state index contributed by atoms with van der Waals surface area (Å²) in [5.41, 5.74) is 0.130. The van der Waals surface area contributed by atoms with Crippen LogP contribution in [0.15, 0.2) is 12.1 Å². The molecule has 0 aromatic heterocycles.